The van der Waals surface area contributed by atoms with Crippen LogP contribution < -0.4 is 14.2 Å². The molecule has 30 heavy (non-hydrogen) atoms. The number of ether oxygens (including phenoxy) is 3. The molecule has 1 aliphatic rings. The number of aliphatic hydroxyl groups excluding tert-OH is 1. The maximum absolute atomic E-state index is 12.0. The molecule has 2 aromatic carbocycles. The van der Waals surface area contributed by atoms with Gasteiger partial charge in [0.25, 0.3) is 0 Å². The summed E-state index contributed by atoms with van der Waals surface area (Å²) in [5.41, 5.74) is 1.03. The van der Waals surface area contributed by atoms with E-state index in [-0.39, 0.29) is 24.2 Å². The van der Waals surface area contributed by atoms with Gasteiger partial charge in [0, 0.05) is 19.1 Å². The Kier molecular flexibility index (Phi) is 7.58. The molecule has 2 atom stereocenters. The van der Waals surface area contributed by atoms with Crippen molar-refractivity contribution >= 4 is 9.84 Å². The Balaban J connectivity index is 1.66. The van der Waals surface area contributed by atoms with Crippen LogP contribution in [0.3, 0.4) is 0 Å². The van der Waals surface area contributed by atoms with Crippen molar-refractivity contribution in [1.82, 2.24) is 4.90 Å². The summed E-state index contributed by atoms with van der Waals surface area (Å²) in [5.74, 6) is 2.22. The molecular formula is C22H29NO6S. The van der Waals surface area contributed by atoms with E-state index in [0.29, 0.717) is 31.0 Å². The van der Waals surface area contributed by atoms with E-state index in [0.717, 1.165) is 11.3 Å². The molecule has 1 aliphatic heterocycles. The Bertz CT molecular complexity index is 915. The van der Waals surface area contributed by atoms with Gasteiger partial charge in [-0.2, -0.15) is 0 Å². The lowest BCUT2D eigenvalue weighted by Gasteiger charge is -2.30. The van der Waals surface area contributed by atoms with Crippen LogP contribution in [0.25, 0.3) is 0 Å². The van der Waals surface area contributed by atoms with Crippen molar-refractivity contribution in [3.63, 3.8) is 0 Å². The molecule has 1 N–H and O–H groups in total. The molecule has 0 aromatic heterocycles. The average Bonchev–Trinajstić information content (AvgIpc) is 3.12. The minimum absolute atomic E-state index is 0.0823. The fraction of sp³-hybridized carbons (Fsp3) is 0.455. The van der Waals surface area contributed by atoms with E-state index in [1.165, 1.54) is 0 Å². The van der Waals surface area contributed by atoms with E-state index in [4.69, 9.17) is 14.2 Å². The van der Waals surface area contributed by atoms with Gasteiger partial charge in [0.15, 0.2) is 21.3 Å². The van der Waals surface area contributed by atoms with Gasteiger partial charge in [-0.1, -0.05) is 24.3 Å². The first-order valence-electron chi connectivity index (χ1n) is 9.91. The number of aliphatic hydroxyl groups is 1. The number of hydrogen-bond acceptors (Lipinski definition) is 7. The molecule has 0 radical (unpaired) electrons. The van der Waals surface area contributed by atoms with E-state index in [1.54, 1.807) is 26.4 Å². The Morgan fingerprint density at radius 2 is 1.77 bits per heavy atom. The predicted molar refractivity (Wildman–Crippen MR) is 115 cm³/mol. The first-order valence-corrected chi connectivity index (χ1v) is 11.7. The minimum atomic E-state index is -3.03. The quantitative estimate of drug-likeness (QED) is 0.612. The maximum atomic E-state index is 12.0. The normalized spacial score (nSPS) is 18.9. The van der Waals surface area contributed by atoms with Crippen molar-refractivity contribution in [1.29, 1.82) is 0 Å². The van der Waals surface area contributed by atoms with Crippen LogP contribution in [0, 0.1) is 0 Å². The number of nitrogens with zero attached hydrogens (tertiary/aromatic N) is 1. The highest BCUT2D eigenvalue weighted by atomic mass is 32.2. The summed E-state index contributed by atoms with van der Waals surface area (Å²) in [5, 5.41) is 10.6. The third kappa shape index (κ3) is 6.10. The summed E-state index contributed by atoms with van der Waals surface area (Å²) < 4.78 is 40.2. The minimum Gasteiger partial charge on any atom is -0.497 e. The molecule has 164 valence electrons. The zero-order chi connectivity index (χ0) is 21.6. The van der Waals surface area contributed by atoms with Crippen molar-refractivity contribution in [2.45, 2.75) is 25.1 Å². The highest BCUT2D eigenvalue weighted by molar-refractivity contribution is 7.91. The molecule has 0 bridgehead atoms. The van der Waals surface area contributed by atoms with Crippen LogP contribution >= 0.6 is 0 Å². The summed E-state index contributed by atoms with van der Waals surface area (Å²) in [7, 11) is 0.145. The molecular weight excluding hydrogens is 406 g/mol. The fourth-order valence-corrected chi connectivity index (χ4v) is 5.38. The first kappa shape index (κ1) is 22.4. The second-order valence-corrected chi connectivity index (χ2v) is 9.68. The number of sulfone groups is 1. The van der Waals surface area contributed by atoms with E-state index < -0.39 is 15.9 Å². The molecule has 0 saturated carbocycles. The molecule has 0 unspecified atom stereocenters. The van der Waals surface area contributed by atoms with Crippen LogP contribution in [0.1, 0.15) is 12.0 Å². The van der Waals surface area contributed by atoms with Gasteiger partial charge in [-0.3, -0.25) is 4.90 Å². The van der Waals surface area contributed by atoms with Gasteiger partial charge in [0.2, 0.25) is 0 Å². The summed E-state index contributed by atoms with van der Waals surface area (Å²) >= 11 is 0. The molecule has 2 aromatic rings. The van der Waals surface area contributed by atoms with Crippen LogP contribution in [-0.2, 0) is 16.4 Å². The van der Waals surface area contributed by atoms with Crippen molar-refractivity contribution in [3.05, 3.63) is 54.1 Å². The standard InChI is InChI=1S/C22H29NO6S/c1-27-20-9-7-17(8-10-20)13-23(18-11-12-30(25,26)16-18)14-19(24)15-29-22-6-4-3-5-21(22)28-2/h3-10,18-19,24H,11-16H2,1-2H3/t18-,19-/m1/s1. The first-order chi connectivity index (χ1) is 14.4. The molecule has 1 saturated heterocycles. The topological polar surface area (TPSA) is 85.3 Å². The van der Waals surface area contributed by atoms with E-state index in [1.807, 2.05) is 41.3 Å². The Labute approximate surface area is 178 Å². The smallest absolute Gasteiger partial charge is 0.161 e. The van der Waals surface area contributed by atoms with Crippen LogP contribution in [0.4, 0.5) is 0 Å². The van der Waals surface area contributed by atoms with Gasteiger partial charge in [0.1, 0.15) is 18.5 Å². The highest BCUT2D eigenvalue weighted by Crippen LogP contribution is 2.26. The maximum Gasteiger partial charge on any atom is 0.161 e. The lowest BCUT2D eigenvalue weighted by Crippen LogP contribution is -2.42. The van der Waals surface area contributed by atoms with Crippen LogP contribution in [-0.4, -0.2) is 69.4 Å². The molecule has 3 rings (SSSR count). The SMILES string of the molecule is COc1ccc(CN(C[C@@H](O)COc2ccccc2OC)[C@@H]2CCS(=O)(=O)C2)cc1. The molecule has 0 aliphatic carbocycles. The molecule has 7 nitrogen and oxygen atoms in total. The van der Waals surface area contributed by atoms with Gasteiger partial charge in [-0.05, 0) is 36.2 Å². The van der Waals surface area contributed by atoms with Gasteiger partial charge >= 0.3 is 0 Å². The second kappa shape index (κ2) is 10.1. The number of benzene rings is 2. The Morgan fingerprint density at radius 1 is 1.07 bits per heavy atom. The summed E-state index contributed by atoms with van der Waals surface area (Å²) in [6, 6.07) is 14.8. The molecule has 0 amide bonds. The van der Waals surface area contributed by atoms with E-state index in [9.17, 15) is 13.5 Å². The largest absolute Gasteiger partial charge is 0.497 e. The van der Waals surface area contributed by atoms with Crippen molar-refractivity contribution in [3.8, 4) is 17.2 Å². The fourth-order valence-electron chi connectivity index (χ4n) is 3.62. The third-order valence-electron chi connectivity index (χ3n) is 5.22. The molecule has 8 heteroatoms. The van der Waals surface area contributed by atoms with Gasteiger partial charge in [-0.15, -0.1) is 0 Å². The van der Waals surface area contributed by atoms with E-state index in [2.05, 4.69) is 0 Å². The van der Waals surface area contributed by atoms with Crippen LogP contribution in [0.5, 0.6) is 17.2 Å². The van der Waals surface area contributed by atoms with Crippen molar-refractivity contribution in [2.75, 3.05) is 38.9 Å². The average molecular weight is 436 g/mol. The lowest BCUT2D eigenvalue weighted by atomic mass is 10.1. The number of rotatable bonds is 10. The van der Waals surface area contributed by atoms with Gasteiger partial charge < -0.3 is 19.3 Å². The predicted octanol–water partition coefficient (Wildman–Crippen LogP) is 2.13. The van der Waals surface area contributed by atoms with Crippen LogP contribution in [0.2, 0.25) is 0 Å². The molecule has 1 fully saturated rings. The zero-order valence-electron chi connectivity index (χ0n) is 17.4. The number of methoxy groups -OCH3 is 2. The van der Waals surface area contributed by atoms with E-state index >= 15 is 0 Å². The third-order valence-corrected chi connectivity index (χ3v) is 6.97. The van der Waals surface area contributed by atoms with Gasteiger partial charge in [-0.25, -0.2) is 8.42 Å². The molecule has 1 heterocycles. The van der Waals surface area contributed by atoms with Crippen molar-refractivity contribution in [2.24, 2.45) is 0 Å². The monoisotopic (exact) mass is 435 g/mol. The summed E-state index contributed by atoms with van der Waals surface area (Å²) in [6.07, 6.45) is -0.213. The summed E-state index contributed by atoms with van der Waals surface area (Å²) in [6.45, 7) is 0.927. The highest BCUT2D eigenvalue weighted by Gasteiger charge is 2.33. The Hall–Kier alpha value is -2.29. The Morgan fingerprint density at radius 3 is 2.37 bits per heavy atom. The lowest BCUT2D eigenvalue weighted by molar-refractivity contribution is 0.0517. The van der Waals surface area contributed by atoms with Crippen molar-refractivity contribution < 1.29 is 27.7 Å². The summed E-state index contributed by atoms with van der Waals surface area (Å²) in [4.78, 5) is 2.03. The van der Waals surface area contributed by atoms with Gasteiger partial charge in [0.05, 0.1) is 25.7 Å². The molecule has 0 spiro atoms. The number of hydrogen-bond donors (Lipinski definition) is 1. The van der Waals surface area contributed by atoms with Crippen LogP contribution in [0.15, 0.2) is 48.5 Å². The second-order valence-electron chi connectivity index (χ2n) is 7.45. The zero-order valence-corrected chi connectivity index (χ0v) is 18.2. The number of para-hydroxylation sites is 2.